The monoisotopic (exact) mass is 462 g/mol. The molecule has 0 saturated carbocycles. The molecular weight excluding hydrogens is 439 g/mol. The highest BCUT2D eigenvalue weighted by molar-refractivity contribution is 6.41. The third-order valence-electron chi connectivity index (χ3n) is 5.29. The molecule has 1 aromatic carbocycles. The van der Waals surface area contributed by atoms with Crippen molar-refractivity contribution in [1.29, 1.82) is 0 Å². The van der Waals surface area contributed by atoms with Crippen molar-refractivity contribution in [2.24, 2.45) is 0 Å². The quantitative estimate of drug-likeness (QED) is 0.517. The molecule has 1 fully saturated rings. The highest BCUT2D eigenvalue weighted by atomic mass is 35.5. The summed E-state index contributed by atoms with van der Waals surface area (Å²) in [5.41, 5.74) is 1.13. The maximum atomic E-state index is 6.60. The van der Waals surface area contributed by atoms with Crippen LogP contribution < -0.4 is 20.1 Å². The van der Waals surface area contributed by atoms with E-state index in [1.807, 2.05) is 25.4 Å². The van der Waals surface area contributed by atoms with E-state index in [0.29, 0.717) is 45.2 Å². The first-order valence-corrected chi connectivity index (χ1v) is 10.7. The lowest BCUT2D eigenvalue weighted by atomic mass is 10.1. The van der Waals surface area contributed by atoms with Crippen LogP contribution in [0.2, 0.25) is 10.0 Å². The smallest absolute Gasteiger partial charge is 0.141 e. The molecule has 1 aliphatic rings. The SMILES string of the molecule is CNc1nc(-c2c(Cl)c(OC)cc(OC)c2Cl)cc2cnc(NC3CCCOC3)cc12. The molecule has 2 N–H and O–H groups in total. The molecule has 0 bridgehead atoms. The average molecular weight is 463 g/mol. The maximum Gasteiger partial charge on any atom is 0.141 e. The summed E-state index contributed by atoms with van der Waals surface area (Å²) in [7, 11) is 4.91. The highest BCUT2D eigenvalue weighted by Gasteiger charge is 2.21. The first-order valence-electron chi connectivity index (χ1n) is 9.98. The van der Waals surface area contributed by atoms with Crippen LogP contribution >= 0.6 is 23.2 Å². The Morgan fingerprint density at radius 1 is 1.10 bits per heavy atom. The van der Waals surface area contributed by atoms with Gasteiger partial charge in [-0.2, -0.15) is 0 Å². The van der Waals surface area contributed by atoms with Gasteiger partial charge in [0.1, 0.15) is 23.1 Å². The highest BCUT2D eigenvalue weighted by Crippen LogP contribution is 2.46. The van der Waals surface area contributed by atoms with E-state index in [0.717, 1.165) is 36.0 Å². The Bertz CT molecular complexity index is 1080. The predicted octanol–water partition coefficient (Wildman–Crippen LogP) is 5.25. The van der Waals surface area contributed by atoms with Crippen LogP contribution in [0.25, 0.3) is 22.0 Å². The van der Waals surface area contributed by atoms with E-state index in [9.17, 15) is 0 Å². The van der Waals surface area contributed by atoms with Gasteiger partial charge in [0, 0.05) is 42.3 Å². The molecule has 1 atom stereocenters. The van der Waals surface area contributed by atoms with E-state index in [-0.39, 0.29) is 6.04 Å². The van der Waals surface area contributed by atoms with Gasteiger partial charge in [-0.15, -0.1) is 0 Å². The molecule has 7 nitrogen and oxygen atoms in total. The fourth-order valence-electron chi connectivity index (χ4n) is 3.72. The normalized spacial score (nSPS) is 16.2. The number of halogens is 2. The van der Waals surface area contributed by atoms with Gasteiger partial charge in [0.15, 0.2) is 0 Å². The van der Waals surface area contributed by atoms with Gasteiger partial charge in [-0.3, -0.25) is 0 Å². The first-order chi connectivity index (χ1) is 15.0. The average Bonchev–Trinajstić information content (AvgIpc) is 2.79. The molecule has 9 heteroatoms. The van der Waals surface area contributed by atoms with Crippen LogP contribution in [0.1, 0.15) is 12.8 Å². The number of anilines is 2. The maximum absolute atomic E-state index is 6.60. The molecule has 2 aromatic heterocycles. The Morgan fingerprint density at radius 2 is 1.84 bits per heavy atom. The van der Waals surface area contributed by atoms with Crippen LogP contribution in [0, 0.1) is 0 Å². The molecule has 3 aromatic rings. The van der Waals surface area contributed by atoms with Gasteiger partial charge in [-0.05, 0) is 25.0 Å². The number of nitrogens with one attached hydrogen (secondary N) is 2. The van der Waals surface area contributed by atoms with Gasteiger partial charge in [0.05, 0.1) is 42.6 Å². The minimum absolute atomic E-state index is 0.255. The zero-order valence-electron chi connectivity index (χ0n) is 17.6. The lowest BCUT2D eigenvalue weighted by Crippen LogP contribution is -2.30. The van der Waals surface area contributed by atoms with Gasteiger partial charge >= 0.3 is 0 Å². The molecule has 0 aliphatic carbocycles. The molecule has 3 heterocycles. The van der Waals surface area contributed by atoms with Gasteiger partial charge in [-0.25, -0.2) is 9.97 Å². The molecule has 0 amide bonds. The predicted molar refractivity (Wildman–Crippen MR) is 125 cm³/mol. The molecule has 31 heavy (non-hydrogen) atoms. The summed E-state index contributed by atoms with van der Waals surface area (Å²) in [4.78, 5) is 9.36. The Kier molecular flexibility index (Phi) is 6.55. The number of hydrogen-bond acceptors (Lipinski definition) is 7. The number of methoxy groups -OCH3 is 2. The second-order valence-corrected chi connectivity index (χ2v) is 8.00. The second kappa shape index (κ2) is 9.34. The van der Waals surface area contributed by atoms with Gasteiger partial charge in [0.2, 0.25) is 0 Å². The molecule has 164 valence electrons. The van der Waals surface area contributed by atoms with Crippen LogP contribution in [0.4, 0.5) is 11.6 Å². The summed E-state index contributed by atoms with van der Waals surface area (Å²) in [6, 6.07) is 5.80. The third kappa shape index (κ3) is 4.31. The third-order valence-corrected chi connectivity index (χ3v) is 6.04. The van der Waals surface area contributed by atoms with Crippen molar-refractivity contribution in [2.45, 2.75) is 18.9 Å². The van der Waals surface area contributed by atoms with Crippen molar-refractivity contribution < 1.29 is 14.2 Å². The van der Waals surface area contributed by atoms with E-state index in [2.05, 4.69) is 15.6 Å². The van der Waals surface area contributed by atoms with Gasteiger partial charge < -0.3 is 24.8 Å². The summed E-state index contributed by atoms with van der Waals surface area (Å²) < 4.78 is 16.3. The molecule has 1 saturated heterocycles. The molecule has 4 rings (SSSR count). The number of aromatic nitrogens is 2. The van der Waals surface area contributed by atoms with Crippen molar-refractivity contribution in [3.63, 3.8) is 0 Å². The summed E-state index contributed by atoms with van der Waals surface area (Å²) in [6.07, 6.45) is 3.92. The number of hydrogen-bond donors (Lipinski definition) is 2. The van der Waals surface area contributed by atoms with Crippen molar-refractivity contribution >= 4 is 45.6 Å². The Balaban J connectivity index is 1.80. The minimum atomic E-state index is 0.255. The summed E-state index contributed by atoms with van der Waals surface area (Å²) in [6.45, 7) is 1.50. The van der Waals surface area contributed by atoms with E-state index >= 15 is 0 Å². The largest absolute Gasteiger partial charge is 0.495 e. The molecule has 0 spiro atoms. The summed E-state index contributed by atoms with van der Waals surface area (Å²) in [5.74, 6) is 2.39. The second-order valence-electron chi connectivity index (χ2n) is 7.24. The molecule has 0 radical (unpaired) electrons. The fourth-order valence-corrected chi connectivity index (χ4v) is 4.41. The minimum Gasteiger partial charge on any atom is -0.495 e. The molecule has 1 unspecified atom stereocenters. The van der Waals surface area contributed by atoms with Crippen molar-refractivity contribution in [2.75, 3.05) is 45.1 Å². The van der Waals surface area contributed by atoms with Crippen LogP contribution in [0.5, 0.6) is 11.5 Å². The van der Waals surface area contributed by atoms with E-state index < -0.39 is 0 Å². The number of nitrogens with zero attached hydrogens (tertiary/aromatic N) is 2. The number of pyridine rings is 2. The molecule has 1 aliphatic heterocycles. The Morgan fingerprint density at radius 3 is 2.45 bits per heavy atom. The van der Waals surface area contributed by atoms with Gasteiger partial charge in [-0.1, -0.05) is 23.2 Å². The number of benzene rings is 1. The lowest BCUT2D eigenvalue weighted by molar-refractivity contribution is 0.0875. The van der Waals surface area contributed by atoms with Crippen LogP contribution in [-0.2, 0) is 4.74 Å². The zero-order chi connectivity index (χ0) is 22.0. The molecular formula is C22H24Cl2N4O3. The standard InChI is InChI=1S/C22H24Cl2N4O3/c1-25-22-14-8-18(27-13-5-4-6-31-11-13)26-10-12(14)7-15(28-22)19-20(23)16(29-2)9-17(30-3)21(19)24/h7-10,13H,4-6,11H2,1-3H3,(H,25,28)(H,26,27). The Hall–Kier alpha value is -2.48. The van der Waals surface area contributed by atoms with Crippen LogP contribution in [-0.4, -0.2) is 50.5 Å². The van der Waals surface area contributed by atoms with Crippen molar-refractivity contribution in [1.82, 2.24) is 9.97 Å². The summed E-state index contributed by atoms with van der Waals surface area (Å²) in [5, 5.41) is 9.18. The van der Waals surface area contributed by atoms with Gasteiger partial charge in [0.25, 0.3) is 0 Å². The van der Waals surface area contributed by atoms with E-state index in [4.69, 9.17) is 42.4 Å². The lowest BCUT2D eigenvalue weighted by Gasteiger charge is -2.23. The topological polar surface area (TPSA) is 77.5 Å². The van der Waals surface area contributed by atoms with E-state index in [1.54, 1.807) is 20.3 Å². The zero-order valence-corrected chi connectivity index (χ0v) is 19.1. The first kappa shape index (κ1) is 21.7. The Labute approximate surface area is 191 Å². The van der Waals surface area contributed by atoms with E-state index in [1.165, 1.54) is 0 Å². The summed E-state index contributed by atoms with van der Waals surface area (Å²) >= 11 is 13.2. The number of fused-ring (bicyclic) bond motifs is 1. The fraction of sp³-hybridized carbons (Fsp3) is 0.364. The number of ether oxygens (including phenoxy) is 3. The van der Waals surface area contributed by atoms with Crippen LogP contribution in [0.15, 0.2) is 24.4 Å². The van der Waals surface area contributed by atoms with Crippen molar-refractivity contribution in [3.8, 4) is 22.8 Å². The van der Waals surface area contributed by atoms with Crippen LogP contribution in [0.3, 0.4) is 0 Å². The number of rotatable bonds is 6. The van der Waals surface area contributed by atoms with Crippen molar-refractivity contribution in [3.05, 3.63) is 34.4 Å².